The summed E-state index contributed by atoms with van der Waals surface area (Å²) in [4.78, 5) is 11.2. The maximum atomic E-state index is 11.2. The lowest BCUT2D eigenvalue weighted by atomic mass is 10.1. The Labute approximate surface area is 121 Å². The van der Waals surface area contributed by atoms with Gasteiger partial charge in [0.1, 0.15) is 0 Å². The predicted octanol–water partition coefficient (Wildman–Crippen LogP) is 3.96. The molecule has 0 amide bonds. The molecule has 0 fully saturated rings. The minimum absolute atomic E-state index is 0.403. The van der Waals surface area contributed by atoms with Crippen LogP contribution in [0.4, 0.5) is 4.79 Å². The SMILES string of the molecule is CCCCC#CC(CCc1ccccc1)OC(=O)OC. The van der Waals surface area contributed by atoms with Crippen LogP contribution in [0.1, 0.15) is 38.2 Å². The highest BCUT2D eigenvalue weighted by Gasteiger charge is 2.12. The van der Waals surface area contributed by atoms with Crippen LogP contribution >= 0.6 is 0 Å². The van der Waals surface area contributed by atoms with E-state index in [-0.39, 0.29) is 0 Å². The average molecular weight is 274 g/mol. The topological polar surface area (TPSA) is 35.5 Å². The molecule has 0 aliphatic carbocycles. The van der Waals surface area contributed by atoms with E-state index in [0.29, 0.717) is 6.42 Å². The third-order valence-corrected chi connectivity index (χ3v) is 2.86. The Morgan fingerprint density at radius 2 is 2.05 bits per heavy atom. The van der Waals surface area contributed by atoms with Crippen LogP contribution in [0.25, 0.3) is 0 Å². The summed E-state index contributed by atoms with van der Waals surface area (Å²) >= 11 is 0. The lowest BCUT2D eigenvalue weighted by Crippen LogP contribution is -2.17. The Bertz CT molecular complexity index is 442. The highest BCUT2D eigenvalue weighted by molar-refractivity contribution is 5.60. The minimum Gasteiger partial charge on any atom is -0.438 e. The molecule has 1 aromatic carbocycles. The second-order valence-corrected chi connectivity index (χ2v) is 4.51. The van der Waals surface area contributed by atoms with Crippen molar-refractivity contribution in [3.63, 3.8) is 0 Å². The summed E-state index contributed by atoms with van der Waals surface area (Å²) in [6.45, 7) is 2.12. The van der Waals surface area contributed by atoms with E-state index >= 15 is 0 Å². The molecule has 0 spiro atoms. The molecule has 20 heavy (non-hydrogen) atoms. The number of carbonyl (C=O) groups is 1. The molecule has 1 atom stereocenters. The average Bonchev–Trinajstić information content (AvgIpc) is 2.49. The molecule has 108 valence electrons. The van der Waals surface area contributed by atoms with Crippen molar-refractivity contribution in [1.82, 2.24) is 0 Å². The standard InChI is InChI=1S/C17H22O3/c1-3-4-5-9-12-16(20-17(18)19-2)14-13-15-10-7-6-8-11-15/h6-8,10-11,16H,3-5,13-14H2,1-2H3. The number of hydrogen-bond donors (Lipinski definition) is 0. The smallest absolute Gasteiger partial charge is 0.438 e. The van der Waals surface area contributed by atoms with E-state index in [4.69, 9.17) is 4.74 Å². The Balaban J connectivity index is 2.52. The molecule has 0 aromatic heterocycles. The van der Waals surface area contributed by atoms with Gasteiger partial charge in [-0.15, -0.1) is 0 Å². The minimum atomic E-state index is -0.673. The van der Waals surface area contributed by atoms with E-state index in [1.165, 1.54) is 12.7 Å². The van der Waals surface area contributed by atoms with Crippen LogP contribution in [-0.2, 0) is 15.9 Å². The normalized spacial score (nSPS) is 11.1. The van der Waals surface area contributed by atoms with Gasteiger partial charge < -0.3 is 9.47 Å². The number of rotatable bonds is 6. The van der Waals surface area contributed by atoms with Crippen molar-refractivity contribution >= 4 is 6.16 Å². The third-order valence-electron chi connectivity index (χ3n) is 2.86. The van der Waals surface area contributed by atoms with Gasteiger partial charge in [0.2, 0.25) is 0 Å². The monoisotopic (exact) mass is 274 g/mol. The van der Waals surface area contributed by atoms with E-state index in [0.717, 1.165) is 25.7 Å². The van der Waals surface area contributed by atoms with Crippen molar-refractivity contribution < 1.29 is 14.3 Å². The quantitative estimate of drug-likeness (QED) is 0.447. The predicted molar refractivity (Wildman–Crippen MR) is 79.3 cm³/mol. The van der Waals surface area contributed by atoms with Gasteiger partial charge in [-0.3, -0.25) is 0 Å². The molecule has 0 aliphatic rings. The fourth-order valence-electron chi connectivity index (χ4n) is 1.72. The lowest BCUT2D eigenvalue weighted by molar-refractivity contribution is 0.0529. The van der Waals surface area contributed by atoms with Crippen molar-refractivity contribution in [1.29, 1.82) is 0 Å². The van der Waals surface area contributed by atoms with Gasteiger partial charge in [-0.05, 0) is 18.4 Å². The van der Waals surface area contributed by atoms with E-state index < -0.39 is 12.3 Å². The van der Waals surface area contributed by atoms with Crippen LogP contribution in [0, 0.1) is 11.8 Å². The van der Waals surface area contributed by atoms with Crippen LogP contribution in [0.3, 0.4) is 0 Å². The van der Waals surface area contributed by atoms with Gasteiger partial charge in [-0.25, -0.2) is 4.79 Å². The van der Waals surface area contributed by atoms with Crippen molar-refractivity contribution in [3.8, 4) is 11.8 Å². The fourth-order valence-corrected chi connectivity index (χ4v) is 1.72. The largest absolute Gasteiger partial charge is 0.509 e. The Morgan fingerprint density at radius 1 is 1.30 bits per heavy atom. The Kier molecular flexibility index (Phi) is 7.98. The lowest BCUT2D eigenvalue weighted by Gasteiger charge is -2.11. The highest BCUT2D eigenvalue weighted by atomic mass is 16.7. The molecule has 1 rings (SSSR count). The maximum Gasteiger partial charge on any atom is 0.509 e. The molecule has 0 aliphatic heterocycles. The number of unbranched alkanes of at least 4 members (excludes halogenated alkanes) is 2. The van der Waals surface area contributed by atoms with Crippen molar-refractivity contribution in [2.24, 2.45) is 0 Å². The number of carbonyl (C=O) groups excluding carboxylic acids is 1. The molecule has 0 bridgehead atoms. The number of benzene rings is 1. The van der Waals surface area contributed by atoms with Crippen LogP contribution in [0.2, 0.25) is 0 Å². The molecule has 3 nitrogen and oxygen atoms in total. The van der Waals surface area contributed by atoms with Gasteiger partial charge in [0.05, 0.1) is 7.11 Å². The number of hydrogen-bond acceptors (Lipinski definition) is 3. The summed E-state index contributed by atoms with van der Waals surface area (Å²) in [6.07, 6.45) is 3.44. The first kappa shape index (κ1) is 16.1. The molecule has 0 saturated heterocycles. The van der Waals surface area contributed by atoms with Gasteiger partial charge in [0, 0.05) is 12.8 Å². The van der Waals surface area contributed by atoms with Crippen molar-refractivity contribution in [2.75, 3.05) is 7.11 Å². The molecule has 0 saturated carbocycles. The van der Waals surface area contributed by atoms with Gasteiger partial charge >= 0.3 is 6.16 Å². The Hall–Kier alpha value is -1.95. The summed E-state index contributed by atoms with van der Waals surface area (Å²) in [5, 5.41) is 0. The molecule has 0 heterocycles. The number of ether oxygens (including phenoxy) is 2. The molecule has 0 radical (unpaired) electrons. The molecule has 1 unspecified atom stereocenters. The van der Waals surface area contributed by atoms with E-state index in [2.05, 4.69) is 35.6 Å². The van der Waals surface area contributed by atoms with Gasteiger partial charge in [0.25, 0.3) is 0 Å². The summed E-state index contributed by atoms with van der Waals surface area (Å²) in [5.74, 6) is 6.09. The molecular weight excluding hydrogens is 252 g/mol. The number of aryl methyl sites for hydroxylation is 1. The maximum absolute atomic E-state index is 11.2. The highest BCUT2D eigenvalue weighted by Crippen LogP contribution is 2.08. The zero-order valence-corrected chi connectivity index (χ0v) is 12.2. The zero-order chi connectivity index (χ0) is 14.6. The van der Waals surface area contributed by atoms with Crippen molar-refractivity contribution in [3.05, 3.63) is 35.9 Å². The van der Waals surface area contributed by atoms with Crippen LogP contribution in [-0.4, -0.2) is 19.4 Å². The van der Waals surface area contributed by atoms with Gasteiger partial charge in [-0.1, -0.05) is 55.5 Å². The summed E-state index contributed by atoms with van der Waals surface area (Å²) in [7, 11) is 1.31. The molecule has 1 aromatic rings. The van der Waals surface area contributed by atoms with Crippen LogP contribution in [0.5, 0.6) is 0 Å². The van der Waals surface area contributed by atoms with Crippen molar-refractivity contribution in [2.45, 2.75) is 45.1 Å². The molecule has 3 heteroatoms. The van der Waals surface area contributed by atoms with Gasteiger partial charge in [-0.2, -0.15) is 0 Å². The molecule has 0 N–H and O–H groups in total. The van der Waals surface area contributed by atoms with Gasteiger partial charge in [0.15, 0.2) is 6.10 Å². The fraction of sp³-hybridized carbons (Fsp3) is 0.471. The van der Waals surface area contributed by atoms with Crippen LogP contribution < -0.4 is 0 Å². The van der Waals surface area contributed by atoms with E-state index in [1.54, 1.807) is 0 Å². The summed E-state index contributed by atoms with van der Waals surface area (Å²) in [6, 6.07) is 10.1. The van der Waals surface area contributed by atoms with E-state index in [1.807, 2.05) is 18.2 Å². The second kappa shape index (κ2) is 9.91. The second-order valence-electron chi connectivity index (χ2n) is 4.51. The first-order valence-corrected chi connectivity index (χ1v) is 7.03. The van der Waals surface area contributed by atoms with Crippen LogP contribution in [0.15, 0.2) is 30.3 Å². The molecular formula is C17H22O3. The zero-order valence-electron chi connectivity index (χ0n) is 12.2. The number of methoxy groups -OCH3 is 1. The third kappa shape index (κ3) is 6.84. The summed E-state index contributed by atoms with van der Waals surface area (Å²) in [5.41, 5.74) is 1.21. The Morgan fingerprint density at radius 3 is 2.70 bits per heavy atom. The first-order chi connectivity index (χ1) is 9.76. The van der Waals surface area contributed by atoms with E-state index in [9.17, 15) is 4.79 Å². The first-order valence-electron chi connectivity index (χ1n) is 7.03. The summed E-state index contributed by atoms with van der Waals surface area (Å²) < 4.78 is 9.70.